The highest BCUT2D eigenvalue weighted by atomic mass is 19.2. The van der Waals surface area contributed by atoms with E-state index in [0.29, 0.717) is 6.04 Å². The van der Waals surface area contributed by atoms with Crippen LogP contribution in [0.4, 0.5) is 8.78 Å². The zero-order valence-corrected chi connectivity index (χ0v) is 11.0. The van der Waals surface area contributed by atoms with E-state index in [9.17, 15) is 14.0 Å². The Balaban J connectivity index is 1.73. The largest absolute Gasteiger partial charge is 0.487 e. The van der Waals surface area contributed by atoms with E-state index < -0.39 is 17.2 Å². The summed E-state index contributed by atoms with van der Waals surface area (Å²) in [5.74, 6) is -1.83. The van der Waals surface area contributed by atoms with Gasteiger partial charge < -0.3 is 4.74 Å². The molecule has 20 heavy (non-hydrogen) atoms. The van der Waals surface area contributed by atoms with Crippen LogP contribution >= 0.6 is 0 Å². The second-order valence-electron chi connectivity index (χ2n) is 5.62. The van der Waals surface area contributed by atoms with Crippen LogP contribution in [-0.4, -0.2) is 18.2 Å². The van der Waals surface area contributed by atoms with Crippen molar-refractivity contribution in [3.05, 3.63) is 29.8 Å². The molecule has 0 spiro atoms. The Morgan fingerprint density at radius 3 is 2.65 bits per heavy atom. The topological polar surface area (TPSA) is 45.0 Å². The van der Waals surface area contributed by atoms with Crippen LogP contribution < -0.4 is 10.1 Å². The highest BCUT2D eigenvalue weighted by Gasteiger charge is 2.49. The van der Waals surface area contributed by atoms with Crippen molar-refractivity contribution in [1.29, 1.82) is 5.26 Å². The van der Waals surface area contributed by atoms with E-state index in [1.54, 1.807) is 0 Å². The van der Waals surface area contributed by atoms with Crippen molar-refractivity contribution >= 4 is 0 Å². The second kappa shape index (κ2) is 5.02. The predicted octanol–water partition coefficient (Wildman–Crippen LogP) is 2.77. The monoisotopic (exact) mass is 278 g/mol. The average Bonchev–Trinajstić information content (AvgIpc) is 3.31. The molecule has 3 nitrogen and oxygen atoms in total. The van der Waals surface area contributed by atoms with Crippen LogP contribution in [0.2, 0.25) is 0 Å². The first-order valence-electron chi connectivity index (χ1n) is 6.90. The fourth-order valence-corrected chi connectivity index (χ4v) is 2.39. The highest BCUT2D eigenvalue weighted by molar-refractivity contribution is 5.26. The number of ether oxygens (including phenoxy) is 1. The number of benzene rings is 1. The van der Waals surface area contributed by atoms with Gasteiger partial charge in [-0.15, -0.1) is 0 Å². The molecule has 1 aromatic carbocycles. The van der Waals surface area contributed by atoms with Crippen molar-refractivity contribution in [3.8, 4) is 11.8 Å². The molecular weight excluding hydrogens is 262 g/mol. The van der Waals surface area contributed by atoms with Gasteiger partial charge in [-0.05, 0) is 43.7 Å². The summed E-state index contributed by atoms with van der Waals surface area (Å²) in [5, 5.41) is 12.8. The zero-order chi connectivity index (χ0) is 14.2. The number of halogens is 2. The maximum absolute atomic E-state index is 13.6. The molecule has 1 N–H and O–H groups in total. The van der Waals surface area contributed by atoms with E-state index in [0.717, 1.165) is 31.7 Å². The Morgan fingerprint density at radius 1 is 1.30 bits per heavy atom. The van der Waals surface area contributed by atoms with Gasteiger partial charge in [0.1, 0.15) is 12.1 Å². The number of rotatable bonds is 6. The Morgan fingerprint density at radius 2 is 2.05 bits per heavy atom. The summed E-state index contributed by atoms with van der Waals surface area (Å²) in [5.41, 5.74) is -0.778. The van der Waals surface area contributed by atoms with E-state index in [4.69, 9.17) is 4.74 Å². The minimum Gasteiger partial charge on any atom is -0.487 e. The van der Waals surface area contributed by atoms with E-state index in [1.807, 2.05) is 0 Å². The van der Waals surface area contributed by atoms with Crippen molar-refractivity contribution in [2.45, 2.75) is 37.3 Å². The second-order valence-corrected chi connectivity index (χ2v) is 5.62. The molecule has 2 aliphatic carbocycles. The van der Waals surface area contributed by atoms with E-state index in [2.05, 4.69) is 11.4 Å². The van der Waals surface area contributed by atoms with Crippen LogP contribution in [0.25, 0.3) is 0 Å². The molecule has 0 radical (unpaired) electrons. The molecule has 0 aliphatic heterocycles. The van der Waals surface area contributed by atoms with Gasteiger partial charge in [-0.1, -0.05) is 6.07 Å². The first-order chi connectivity index (χ1) is 9.64. The van der Waals surface area contributed by atoms with Gasteiger partial charge in [-0.2, -0.15) is 9.65 Å². The van der Waals surface area contributed by atoms with Crippen LogP contribution in [0.15, 0.2) is 18.2 Å². The third-order valence-corrected chi connectivity index (χ3v) is 3.88. The van der Waals surface area contributed by atoms with Crippen molar-refractivity contribution in [1.82, 2.24) is 5.32 Å². The van der Waals surface area contributed by atoms with Crippen molar-refractivity contribution in [2.24, 2.45) is 5.92 Å². The van der Waals surface area contributed by atoms with E-state index >= 15 is 0 Å². The van der Waals surface area contributed by atoms with Gasteiger partial charge in [0.2, 0.25) is 5.82 Å². The highest BCUT2D eigenvalue weighted by Crippen LogP contribution is 2.41. The predicted molar refractivity (Wildman–Crippen MR) is 69.1 cm³/mol. The molecule has 0 saturated heterocycles. The fourth-order valence-electron chi connectivity index (χ4n) is 2.39. The number of nitrogens with zero attached hydrogens (tertiary/aromatic N) is 1. The lowest BCUT2D eigenvalue weighted by Gasteiger charge is -2.28. The molecule has 1 aromatic rings. The molecule has 0 aromatic heterocycles. The molecule has 1 atom stereocenters. The van der Waals surface area contributed by atoms with Gasteiger partial charge in [0.05, 0.1) is 6.07 Å². The average molecular weight is 278 g/mol. The van der Waals surface area contributed by atoms with Crippen LogP contribution in [-0.2, 0) is 0 Å². The van der Waals surface area contributed by atoms with Crippen LogP contribution in [0.1, 0.15) is 25.7 Å². The van der Waals surface area contributed by atoms with Gasteiger partial charge in [-0.25, -0.2) is 4.39 Å². The summed E-state index contributed by atoms with van der Waals surface area (Å²) in [7, 11) is 0. The molecule has 2 fully saturated rings. The lowest BCUT2D eigenvalue weighted by atomic mass is 9.96. The summed E-state index contributed by atoms with van der Waals surface area (Å²) >= 11 is 0. The zero-order valence-electron chi connectivity index (χ0n) is 11.0. The third kappa shape index (κ3) is 2.61. The van der Waals surface area contributed by atoms with E-state index in [1.165, 1.54) is 12.1 Å². The number of hydrogen-bond donors (Lipinski definition) is 1. The van der Waals surface area contributed by atoms with Gasteiger partial charge in [0.15, 0.2) is 11.6 Å². The van der Waals surface area contributed by atoms with Crippen LogP contribution in [0, 0.1) is 28.9 Å². The summed E-state index contributed by atoms with van der Waals surface area (Å²) in [6.07, 6.45) is 4.07. The maximum atomic E-state index is 13.6. The lowest BCUT2D eigenvalue weighted by Crippen LogP contribution is -2.52. The SMILES string of the molecule is N#CC(COc1cccc(F)c1F)(NC1CC1)C1CC1. The van der Waals surface area contributed by atoms with Crippen molar-refractivity contribution in [2.75, 3.05) is 6.61 Å². The number of nitrogens with one attached hydrogen (secondary N) is 1. The number of hydrogen-bond acceptors (Lipinski definition) is 3. The maximum Gasteiger partial charge on any atom is 0.200 e. The summed E-state index contributed by atoms with van der Waals surface area (Å²) in [6, 6.07) is 6.48. The normalized spacial score (nSPS) is 21.1. The molecule has 3 rings (SSSR count). The van der Waals surface area contributed by atoms with Gasteiger partial charge >= 0.3 is 0 Å². The number of nitriles is 1. The fraction of sp³-hybridized carbons (Fsp3) is 0.533. The Bertz CT molecular complexity index is 549. The molecule has 5 heteroatoms. The quantitative estimate of drug-likeness (QED) is 0.870. The van der Waals surface area contributed by atoms with Gasteiger partial charge in [-0.3, -0.25) is 5.32 Å². The van der Waals surface area contributed by atoms with Crippen LogP contribution in [0.3, 0.4) is 0 Å². The van der Waals surface area contributed by atoms with Crippen molar-refractivity contribution in [3.63, 3.8) is 0 Å². The van der Waals surface area contributed by atoms with Crippen molar-refractivity contribution < 1.29 is 13.5 Å². The Hall–Kier alpha value is -1.67. The summed E-state index contributed by atoms with van der Waals surface area (Å²) in [6.45, 7) is 0.0467. The molecule has 1 unspecified atom stereocenters. The smallest absolute Gasteiger partial charge is 0.200 e. The van der Waals surface area contributed by atoms with Gasteiger partial charge in [0, 0.05) is 6.04 Å². The first kappa shape index (κ1) is 13.3. The first-order valence-corrected chi connectivity index (χ1v) is 6.90. The molecule has 0 bridgehead atoms. The standard InChI is InChI=1S/C15H16F2N2O/c16-12-2-1-3-13(14(12)17)20-9-15(8-18,10-4-5-10)19-11-6-7-11/h1-3,10-11,19H,4-7,9H2. The third-order valence-electron chi connectivity index (χ3n) is 3.88. The Kier molecular flexibility index (Phi) is 3.35. The Labute approximate surface area is 116 Å². The van der Waals surface area contributed by atoms with E-state index in [-0.39, 0.29) is 18.3 Å². The summed E-state index contributed by atoms with van der Waals surface area (Å²) in [4.78, 5) is 0. The van der Waals surface area contributed by atoms with Crippen LogP contribution in [0.5, 0.6) is 5.75 Å². The molecule has 2 saturated carbocycles. The molecule has 0 heterocycles. The molecule has 106 valence electrons. The summed E-state index contributed by atoms with van der Waals surface area (Å²) < 4.78 is 32.1. The lowest BCUT2D eigenvalue weighted by molar-refractivity contribution is 0.192. The molecular formula is C15H16F2N2O. The molecule has 2 aliphatic rings. The molecule has 0 amide bonds. The minimum atomic E-state index is -0.999. The minimum absolute atomic E-state index is 0.0467. The van der Waals surface area contributed by atoms with Gasteiger partial charge in [0.25, 0.3) is 0 Å².